The molecule has 0 nitrogen and oxygen atoms in total. The maximum atomic E-state index is 2.48. The Morgan fingerprint density at radius 2 is 0.594 bits per heavy atom. The lowest BCUT2D eigenvalue weighted by molar-refractivity contribution is 0.549. The minimum absolute atomic E-state index is 1.25. The van der Waals surface area contributed by atoms with Crippen molar-refractivity contribution in [3.8, 4) is 0 Å². The molecule has 0 bridgehead atoms. The van der Waals surface area contributed by atoms with Crippen molar-refractivity contribution >= 4 is 0 Å². The van der Waals surface area contributed by atoms with Crippen LogP contribution in [0.4, 0.5) is 0 Å². The molecule has 0 atom stereocenters. The molecule has 32 heavy (non-hydrogen) atoms. The molecule has 0 amide bonds. The molecule has 0 spiro atoms. The van der Waals surface area contributed by atoms with E-state index in [2.05, 4.69) is 36.5 Å². The molecule has 0 aromatic rings. The van der Waals surface area contributed by atoms with Crippen molar-refractivity contribution < 1.29 is 0 Å². The van der Waals surface area contributed by atoms with Crippen molar-refractivity contribution in [2.45, 2.75) is 154 Å². The van der Waals surface area contributed by atoms with Gasteiger partial charge in [0.25, 0.3) is 0 Å². The summed E-state index contributed by atoms with van der Waals surface area (Å²) < 4.78 is 0. The predicted molar refractivity (Wildman–Crippen MR) is 145 cm³/mol. The first-order valence-electron chi connectivity index (χ1n) is 14.7. The van der Waals surface area contributed by atoms with Crippen LogP contribution in [0.2, 0.25) is 0 Å². The zero-order valence-corrected chi connectivity index (χ0v) is 21.4. The number of hydrogen-bond donors (Lipinski definition) is 0. The van der Waals surface area contributed by atoms with Gasteiger partial charge in [0.05, 0.1) is 0 Å². The molecule has 2 aliphatic rings. The Morgan fingerprint density at radius 3 is 0.938 bits per heavy atom. The van der Waals surface area contributed by atoms with Gasteiger partial charge in [-0.1, -0.05) is 139 Å². The fourth-order valence-corrected chi connectivity index (χ4v) is 5.25. The Hall–Kier alpha value is -1.04. The molecule has 182 valence electrons. The average molecular weight is 439 g/mol. The van der Waals surface area contributed by atoms with E-state index >= 15 is 0 Å². The smallest absolute Gasteiger partial charge is 0.0276 e. The summed E-state index contributed by atoms with van der Waals surface area (Å²) in [5.41, 5.74) is 3.25. The number of allylic oxidation sites excluding steroid dienone is 8. The van der Waals surface area contributed by atoms with Gasteiger partial charge in [-0.3, -0.25) is 0 Å². The van der Waals surface area contributed by atoms with Crippen LogP contribution in [0.3, 0.4) is 0 Å². The van der Waals surface area contributed by atoms with E-state index in [1.807, 2.05) is 0 Å². The molecular weight excluding hydrogens is 384 g/mol. The van der Waals surface area contributed by atoms with E-state index in [-0.39, 0.29) is 0 Å². The summed E-state index contributed by atoms with van der Waals surface area (Å²) >= 11 is 0. The van der Waals surface area contributed by atoms with E-state index in [9.17, 15) is 0 Å². The van der Waals surface area contributed by atoms with E-state index < -0.39 is 0 Å². The van der Waals surface area contributed by atoms with E-state index in [1.165, 1.54) is 154 Å². The number of rotatable bonds is 1. The molecule has 0 saturated carbocycles. The Morgan fingerprint density at radius 1 is 0.312 bits per heavy atom. The Bertz CT molecular complexity index is 494. The monoisotopic (exact) mass is 438 g/mol. The van der Waals surface area contributed by atoms with Gasteiger partial charge in [-0.15, -0.1) is 0 Å². The first-order valence-corrected chi connectivity index (χ1v) is 14.7. The van der Waals surface area contributed by atoms with Crippen molar-refractivity contribution in [3.05, 3.63) is 47.6 Å². The van der Waals surface area contributed by atoms with Crippen LogP contribution in [-0.2, 0) is 0 Å². The van der Waals surface area contributed by atoms with Gasteiger partial charge in [0.15, 0.2) is 0 Å². The molecule has 0 radical (unpaired) electrons. The first-order chi connectivity index (χ1) is 16.0. The predicted octanol–water partition coefficient (Wildman–Crippen LogP) is 11.3. The molecule has 2 rings (SSSR count). The van der Waals surface area contributed by atoms with Crippen LogP contribution in [0, 0.1) is 0 Å². The van der Waals surface area contributed by atoms with E-state index in [4.69, 9.17) is 0 Å². The van der Waals surface area contributed by atoms with Crippen LogP contribution in [0.1, 0.15) is 154 Å². The molecule has 0 saturated heterocycles. The van der Waals surface area contributed by atoms with Crippen molar-refractivity contribution in [2.24, 2.45) is 0 Å². The highest BCUT2D eigenvalue weighted by Crippen LogP contribution is 2.25. The third-order valence-corrected chi connectivity index (χ3v) is 7.41. The highest BCUT2D eigenvalue weighted by Gasteiger charge is 2.06. The van der Waals surface area contributed by atoms with Gasteiger partial charge in [0, 0.05) is 0 Å². The third-order valence-electron chi connectivity index (χ3n) is 7.41. The molecule has 2 aliphatic carbocycles. The topological polar surface area (TPSA) is 0 Å². The van der Waals surface area contributed by atoms with Gasteiger partial charge in [0.1, 0.15) is 0 Å². The van der Waals surface area contributed by atoms with Crippen molar-refractivity contribution in [3.63, 3.8) is 0 Å². The third kappa shape index (κ3) is 14.9. The molecule has 0 aromatic carbocycles. The molecule has 0 heterocycles. The molecule has 0 fully saturated rings. The number of hydrogen-bond acceptors (Lipinski definition) is 0. The van der Waals surface area contributed by atoms with Crippen molar-refractivity contribution in [1.29, 1.82) is 0 Å². The second kappa shape index (κ2) is 20.6. The maximum absolute atomic E-state index is 2.48. The maximum Gasteiger partial charge on any atom is -0.0276 e. The molecule has 0 heteroatoms. The van der Waals surface area contributed by atoms with Crippen LogP contribution in [0.25, 0.3) is 0 Å². The molecule has 0 unspecified atom stereocenters. The Kier molecular flexibility index (Phi) is 17.5. The second-order valence-corrected chi connectivity index (χ2v) is 10.4. The van der Waals surface area contributed by atoms with Crippen molar-refractivity contribution in [2.75, 3.05) is 0 Å². The van der Waals surface area contributed by atoms with Crippen LogP contribution in [-0.4, -0.2) is 0 Å². The molecule has 0 aromatic heterocycles. The van der Waals surface area contributed by atoms with E-state index in [0.29, 0.717) is 0 Å². The van der Waals surface area contributed by atoms with Gasteiger partial charge in [-0.05, 0) is 62.5 Å². The Labute approximate surface area is 201 Å². The van der Waals surface area contributed by atoms with E-state index in [1.54, 1.807) is 11.1 Å². The average Bonchev–Trinajstić information content (AvgIpc) is 2.79. The highest BCUT2D eigenvalue weighted by atomic mass is 14.1. The summed E-state index contributed by atoms with van der Waals surface area (Å²) in [4.78, 5) is 0. The molecule has 0 N–H and O–H groups in total. The van der Waals surface area contributed by atoms with Crippen molar-refractivity contribution in [1.82, 2.24) is 0 Å². The molecular formula is C32H54. The van der Waals surface area contributed by atoms with Gasteiger partial charge in [0.2, 0.25) is 0 Å². The summed E-state index contributed by atoms with van der Waals surface area (Å²) in [5.74, 6) is 0. The molecule has 0 aliphatic heterocycles. The lowest BCUT2D eigenvalue weighted by Gasteiger charge is -2.13. The largest absolute Gasteiger partial charge is 0.0845 e. The minimum atomic E-state index is 1.25. The zero-order chi connectivity index (χ0) is 22.4. The van der Waals surface area contributed by atoms with Crippen LogP contribution >= 0.6 is 0 Å². The van der Waals surface area contributed by atoms with Gasteiger partial charge < -0.3 is 0 Å². The standard InChI is InChI=1S/C32H54/c1-3-7-11-15-19-23-27-31(28-24-20-16-12-8-4-1)32-29-25-21-17-13-9-5-2-6-10-14-18-22-26-30-32/h19,21,23,25,27,29H,1-18,20,22,24,26,28,30H2/b23-19-,25-21-,31-27+,32-29+. The Balaban J connectivity index is 2.02. The van der Waals surface area contributed by atoms with E-state index in [0.717, 1.165) is 0 Å². The SMILES string of the molecule is C1=C/CCCCCCCCCCCCC(/C2=C/C=C\CCCCCCCCCCCC2)=C\1. The summed E-state index contributed by atoms with van der Waals surface area (Å²) in [5, 5.41) is 0. The first kappa shape index (κ1) is 27.2. The lowest BCUT2D eigenvalue weighted by Crippen LogP contribution is -1.93. The van der Waals surface area contributed by atoms with Gasteiger partial charge >= 0.3 is 0 Å². The lowest BCUT2D eigenvalue weighted by atomic mass is 9.93. The summed E-state index contributed by atoms with van der Waals surface area (Å²) in [6.07, 6.45) is 48.1. The summed E-state index contributed by atoms with van der Waals surface area (Å²) in [7, 11) is 0. The van der Waals surface area contributed by atoms with Crippen LogP contribution in [0.15, 0.2) is 47.6 Å². The fraction of sp³-hybridized carbons (Fsp3) is 0.750. The summed E-state index contributed by atoms with van der Waals surface area (Å²) in [6.45, 7) is 0. The highest BCUT2D eigenvalue weighted by molar-refractivity contribution is 5.36. The normalized spacial score (nSPS) is 28.5. The minimum Gasteiger partial charge on any atom is -0.0845 e. The van der Waals surface area contributed by atoms with Gasteiger partial charge in [-0.25, -0.2) is 0 Å². The second-order valence-electron chi connectivity index (χ2n) is 10.4. The quantitative estimate of drug-likeness (QED) is 0.382. The van der Waals surface area contributed by atoms with Gasteiger partial charge in [-0.2, -0.15) is 0 Å². The fourth-order valence-electron chi connectivity index (χ4n) is 5.25. The summed E-state index contributed by atoms with van der Waals surface area (Å²) in [6, 6.07) is 0. The van der Waals surface area contributed by atoms with Crippen LogP contribution in [0.5, 0.6) is 0 Å². The van der Waals surface area contributed by atoms with Crippen LogP contribution < -0.4 is 0 Å². The zero-order valence-electron chi connectivity index (χ0n) is 21.4.